The van der Waals surface area contributed by atoms with Gasteiger partial charge in [0.1, 0.15) is 0 Å². The highest BCUT2D eigenvalue weighted by atomic mass is 79.9. The third kappa shape index (κ3) is 3.02. The third-order valence-electron chi connectivity index (χ3n) is 3.06. The average molecular weight is 269 g/mol. The van der Waals surface area contributed by atoms with Gasteiger partial charge in [0.2, 0.25) is 0 Å². The number of hydrogen-bond donors (Lipinski definition) is 0. The van der Waals surface area contributed by atoms with Crippen LogP contribution >= 0.6 is 15.9 Å². The van der Waals surface area contributed by atoms with Crippen LogP contribution in [0.4, 0.5) is 0 Å². The molecule has 1 aliphatic rings. The van der Waals surface area contributed by atoms with Crippen LogP contribution in [0.3, 0.4) is 0 Å². The SMILES string of the molecule is BrCC1CCCCN1Cc1ccncc1. The van der Waals surface area contributed by atoms with E-state index in [1.165, 1.54) is 31.4 Å². The van der Waals surface area contributed by atoms with Crippen LogP contribution in [0.1, 0.15) is 24.8 Å². The van der Waals surface area contributed by atoms with Crippen molar-refractivity contribution in [1.29, 1.82) is 0 Å². The highest BCUT2D eigenvalue weighted by Gasteiger charge is 2.20. The summed E-state index contributed by atoms with van der Waals surface area (Å²) in [4.78, 5) is 6.63. The Morgan fingerprint density at radius 2 is 2.13 bits per heavy atom. The Morgan fingerprint density at radius 1 is 1.33 bits per heavy atom. The number of hydrogen-bond acceptors (Lipinski definition) is 2. The van der Waals surface area contributed by atoms with Crippen LogP contribution in [-0.4, -0.2) is 27.8 Å². The Hall–Kier alpha value is -0.410. The minimum Gasteiger partial charge on any atom is -0.295 e. The molecule has 0 aliphatic carbocycles. The Morgan fingerprint density at radius 3 is 2.87 bits per heavy atom. The Labute approximate surface area is 99.8 Å². The Bertz CT molecular complexity index is 289. The molecule has 1 unspecified atom stereocenters. The number of rotatable bonds is 3. The first-order chi connectivity index (χ1) is 7.40. The fourth-order valence-corrected chi connectivity index (χ4v) is 2.90. The van der Waals surface area contributed by atoms with E-state index in [1.807, 2.05) is 12.4 Å². The number of likely N-dealkylation sites (tertiary alicyclic amines) is 1. The van der Waals surface area contributed by atoms with Gasteiger partial charge in [-0.05, 0) is 37.1 Å². The van der Waals surface area contributed by atoms with E-state index in [0.717, 1.165) is 11.9 Å². The first-order valence-corrected chi connectivity index (χ1v) is 6.71. The normalized spacial score (nSPS) is 22.9. The lowest BCUT2D eigenvalue weighted by Gasteiger charge is -2.34. The molecule has 1 saturated heterocycles. The van der Waals surface area contributed by atoms with Crippen molar-refractivity contribution in [3.8, 4) is 0 Å². The van der Waals surface area contributed by atoms with Gasteiger partial charge in [0, 0.05) is 30.3 Å². The molecule has 0 spiro atoms. The van der Waals surface area contributed by atoms with E-state index in [1.54, 1.807) is 0 Å². The maximum Gasteiger partial charge on any atom is 0.0271 e. The van der Waals surface area contributed by atoms with E-state index >= 15 is 0 Å². The highest BCUT2D eigenvalue weighted by Crippen LogP contribution is 2.20. The molecule has 3 heteroatoms. The highest BCUT2D eigenvalue weighted by molar-refractivity contribution is 9.09. The largest absolute Gasteiger partial charge is 0.295 e. The molecular formula is C12H17BrN2. The topological polar surface area (TPSA) is 16.1 Å². The maximum atomic E-state index is 4.05. The van der Waals surface area contributed by atoms with Crippen LogP contribution in [0, 0.1) is 0 Å². The fraction of sp³-hybridized carbons (Fsp3) is 0.583. The molecule has 1 aromatic heterocycles. The van der Waals surface area contributed by atoms with Crippen molar-refractivity contribution >= 4 is 15.9 Å². The van der Waals surface area contributed by atoms with Crippen molar-refractivity contribution in [1.82, 2.24) is 9.88 Å². The summed E-state index contributed by atoms with van der Waals surface area (Å²) in [6, 6.07) is 4.94. The summed E-state index contributed by atoms with van der Waals surface area (Å²) in [5.41, 5.74) is 1.37. The molecule has 0 amide bonds. The van der Waals surface area contributed by atoms with Gasteiger partial charge in [0.05, 0.1) is 0 Å². The molecule has 82 valence electrons. The predicted molar refractivity (Wildman–Crippen MR) is 66.1 cm³/mol. The molecule has 0 aromatic carbocycles. The zero-order chi connectivity index (χ0) is 10.5. The Balaban J connectivity index is 1.97. The summed E-state index contributed by atoms with van der Waals surface area (Å²) in [6.45, 7) is 2.30. The van der Waals surface area contributed by atoms with Gasteiger partial charge in [-0.1, -0.05) is 22.4 Å². The lowest BCUT2D eigenvalue weighted by Crippen LogP contribution is -2.39. The van der Waals surface area contributed by atoms with Gasteiger partial charge in [0.15, 0.2) is 0 Å². The standard InChI is InChI=1S/C12H17BrN2/c13-9-12-3-1-2-8-15(12)10-11-4-6-14-7-5-11/h4-7,12H,1-3,8-10H2. The van der Waals surface area contributed by atoms with Crippen molar-refractivity contribution in [3.63, 3.8) is 0 Å². The summed E-state index contributed by atoms with van der Waals surface area (Å²) in [6.07, 6.45) is 7.80. The monoisotopic (exact) mass is 268 g/mol. The van der Waals surface area contributed by atoms with Crippen molar-refractivity contribution in [2.24, 2.45) is 0 Å². The number of pyridine rings is 1. The molecule has 1 atom stereocenters. The lowest BCUT2D eigenvalue weighted by molar-refractivity contribution is 0.156. The van der Waals surface area contributed by atoms with E-state index in [-0.39, 0.29) is 0 Å². The number of aromatic nitrogens is 1. The molecule has 1 aromatic rings. The molecule has 15 heavy (non-hydrogen) atoms. The van der Waals surface area contributed by atoms with E-state index in [0.29, 0.717) is 6.04 Å². The second-order valence-corrected chi connectivity index (χ2v) is 4.78. The van der Waals surface area contributed by atoms with Gasteiger partial charge in [-0.25, -0.2) is 0 Å². The van der Waals surface area contributed by atoms with Crippen LogP contribution in [-0.2, 0) is 6.54 Å². The van der Waals surface area contributed by atoms with E-state index < -0.39 is 0 Å². The summed E-state index contributed by atoms with van der Waals surface area (Å²) in [7, 11) is 0. The lowest BCUT2D eigenvalue weighted by atomic mass is 10.0. The smallest absolute Gasteiger partial charge is 0.0271 e. The second-order valence-electron chi connectivity index (χ2n) is 4.13. The van der Waals surface area contributed by atoms with Crippen molar-refractivity contribution in [2.45, 2.75) is 31.8 Å². The minimum absolute atomic E-state index is 0.715. The molecule has 0 bridgehead atoms. The first kappa shape index (κ1) is 11.1. The molecule has 0 N–H and O–H groups in total. The average Bonchev–Trinajstić information content (AvgIpc) is 2.31. The van der Waals surface area contributed by atoms with Crippen molar-refractivity contribution in [2.75, 3.05) is 11.9 Å². The van der Waals surface area contributed by atoms with Gasteiger partial charge >= 0.3 is 0 Å². The second kappa shape index (κ2) is 5.61. The number of halogens is 1. The van der Waals surface area contributed by atoms with E-state index in [4.69, 9.17) is 0 Å². The Kier molecular flexibility index (Phi) is 4.15. The zero-order valence-electron chi connectivity index (χ0n) is 8.90. The van der Waals surface area contributed by atoms with Gasteiger partial charge in [-0.2, -0.15) is 0 Å². The van der Waals surface area contributed by atoms with Gasteiger partial charge in [-0.15, -0.1) is 0 Å². The summed E-state index contributed by atoms with van der Waals surface area (Å²) in [5, 5.41) is 1.10. The van der Waals surface area contributed by atoms with Crippen LogP contribution < -0.4 is 0 Å². The molecule has 1 fully saturated rings. The maximum absolute atomic E-state index is 4.05. The van der Waals surface area contributed by atoms with E-state index in [2.05, 4.69) is 37.9 Å². The van der Waals surface area contributed by atoms with Crippen LogP contribution in [0.5, 0.6) is 0 Å². The summed E-state index contributed by atoms with van der Waals surface area (Å²) >= 11 is 3.61. The molecular weight excluding hydrogens is 252 g/mol. The quantitative estimate of drug-likeness (QED) is 0.784. The third-order valence-corrected chi connectivity index (χ3v) is 3.81. The molecule has 1 aliphatic heterocycles. The van der Waals surface area contributed by atoms with Crippen molar-refractivity contribution < 1.29 is 0 Å². The summed E-state index contributed by atoms with van der Waals surface area (Å²) in [5.74, 6) is 0. The van der Waals surface area contributed by atoms with Crippen LogP contribution in [0.25, 0.3) is 0 Å². The molecule has 2 nitrogen and oxygen atoms in total. The van der Waals surface area contributed by atoms with Gasteiger partial charge < -0.3 is 0 Å². The first-order valence-electron chi connectivity index (χ1n) is 5.59. The van der Waals surface area contributed by atoms with E-state index in [9.17, 15) is 0 Å². The molecule has 0 radical (unpaired) electrons. The minimum atomic E-state index is 0.715. The molecule has 0 saturated carbocycles. The number of alkyl halides is 1. The number of piperidine rings is 1. The molecule has 2 heterocycles. The molecule has 2 rings (SSSR count). The van der Waals surface area contributed by atoms with Crippen LogP contribution in [0.2, 0.25) is 0 Å². The van der Waals surface area contributed by atoms with Gasteiger partial charge in [0.25, 0.3) is 0 Å². The summed E-state index contributed by atoms with van der Waals surface area (Å²) < 4.78 is 0. The van der Waals surface area contributed by atoms with Gasteiger partial charge in [-0.3, -0.25) is 9.88 Å². The fourth-order valence-electron chi connectivity index (χ4n) is 2.17. The van der Waals surface area contributed by atoms with Crippen LogP contribution in [0.15, 0.2) is 24.5 Å². The van der Waals surface area contributed by atoms with Crippen molar-refractivity contribution in [3.05, 3.63) is 30.1 Å². The zero-order valence-corrected chi connectivity index (χ0v) is 10.5. The number of nitrogens with zero attached hydrogens (tertiary/aromatic N) is 2. The predicted octanol–water partition coefficient (Wildman–Crippen LogP) is 2.83.